The van der Waals surface area contributed by atoms with Crippen LogP contribution < -0.4 is 0 Å². The molecule has 2 aromatic rings. The minimum atomic E-state index is -0.426. The maximum atomic E-state index is 11.2. The molecule has 4 nitrogen and oxygen atoms in total. The molecule has 0 aliphatic rings. The van der Waals surface area contributed by atoms with E-state index in [4.69, 9.17) is 23.2 Å². The summed E-state index contributed by atoms with van der Waals surface area (Å²) in [7, 11) is 1.31. The van der Waals surface area contributed by atoms with Crippen molar-refractivity contribution in [2.24, 2.45) is 0 Å². The fraction of sp³-hybridized carbons (Fsp3) is 0.125. The molecule has 0 aliphatic carbocycles. The summed E-state index contributed by atoms with van der Waals surface area (Å²) >= 11 is 12.6. The normalized spacial score (nSPS) is 10.6. The zero-order valence-electron chi connectivity index (χ0n) is 7.45. The molecule has 0 spiro atoms. The highest BCUT2D eigenvalue weighted by molar-refractivity contribution is 7.21. The lowest BCUT2D eigenvalue weighted by Crippen LogP contribution is -1.96. The Morgan fingerprint density at radius 1 is 1.47 bits per heavy atom. The number of fused-ring (bicyclic) bond motifs is 1. The molecular weight excluding hydrogens is 259 g/mol. The molecule has 0 radical (unpaired) electrons. The summed E-state index contributed by atoms with van der Waals surface area (Å²) in [6.07, 6.45) is 0. The van der Waals surface area contributed by atoms with E-state index in [1.165, 1.54) is 18.4 Å². The van der Waals surface area contributed by atoms with Crippen LogP contribution in [0, 0.1) is 0 Å². The van der Waals surface area contributed by atoms with E-state index in [0.717, 1.165) is 0 Å². The van der Waals surface area contributed by atoms with E-state index in [1.807, 2.05) is 0 Å². The molecule has 2 rings (SSSR count). The van der Waals surface area contributed by atoms with Gasteiger partial charge in [0.25, 0.3) is 0 Å². The number of esters is 1. The van der Waals surface area contributed by atoms with Gasteiger partial charge in [-0.3, -0.25) is 0 Å². The van der Waals surface area contributed by atoms with Gasteiger partial charge >= 0.3 is 5.97 Å². The second-order valence-corrected chi connectivity index (χ2v) is 4.35. The Morgan fingerprint density at radius 2 is 2.20 bits per heavy atom. The van der Waals surface area contributed by atoms with Crippen molar-refractivity contribution in [3.63, 3.8) is 0 Å². The van der Waals surface area contributed by atoms with Crippen LogP contribution in [0.3, 0.4) is 0 Å². The van der Waals surface area contributed by atoms with E-state index in [0.29, 0.717) is 15.1 Å². The molecule has 2 aromatic heterocycles. The molecular formula is C8H4Cl2N2O2S. The summed E-state index contributed by atoms with van der Waals surface area (Å²) in [6.45, 7) is 0. The fourth-order valence-corrected chi connectivity index (χ4v) is 2.48. The van der Waals surface area contributed by atoms with E-state index < -0.39 is 5.97 Å². The van der Waals surface area contributed by atoms with Gasteiger partial charge < -0.3 is 4.74 Å². The second-order valence-electron chi connectivity index (χ2n) is 2.60. The molecule has 0 fully saturated rings. The Kier molecular flexibility index (Phi) is 2.77. The summed E-state index contributed by atoms with van der Waals surface area (Å²) in [4.78, 5) is 19.4. The van der Waals surface area contributed by atoms with Gasteiger partial charge in [-0.25, -0.2) is 14.8 Å². The van der Waals surface area contributed by atoms with Crippen LogP contribution in [0.25, 0.3) is 10.2 Å². The molecule has 0 bridgehead atoms. The Morgan fingerprint density at radius 3 is 2.87 bits per heavy atom. The number of carbonyl (C=O) groups excluding carboxylic acids is 1. The third-order valence-corrected chi connectivity index (χ3v) is 3.36. The number of hydrogen-bond acceptors (Lipinski definition) is 5. The van der Waals surface area contributed by atoms with Crippen LogP contribution in [0.5, 0.6) is 0 Å². The second kappa shape index (κ2) is 3.92. The fourth-order valence-electron chi connectivity index (χ4n) is 1.07. The van der Waals surface area contributed by atoms with Crippen LogP contribution in [0.2, 0.25) is 10.4 Å². The number of aromatic nitrogens is 2. The van der Waals surface area contributed by atoms with Crippen molar-refractivity contribution in [2.45, 2.75) is 0 Å². The molecule has 0 aromatic carbocycles. The predicted octanol–water partition coefficient (Wildman–Crippen LogP) is 2.78. The molecule has 0 aliphatic heterocycles. The van der Waals surface area contributed by atoms with Crippen molar-refractivity contribution in [2.75, 3.05) is 7.11 Å². The first kappa shape index (κ1) is 10.6. The number of halogens is 2. The lowest BCUT2D eigenvalue weighted by atomic mass is 10.4. The standard InChI is InChI=1S/C8H4Cl2N2O2S/c1-14-7(13)4-2-3-5(15-4)6(9)12-8(10)11-3/h2H,1H3. The highest BCUT2D eigenvalue weighted by Gasteiger charge is 2.14. The van der Waals surface area contributed by atoms with Crippen molar-refractivity contribution < 1.29 is 9.53 Å². The van der Waals surface area contributed by atoms with Crippen molar-refractivity contribution in [1.29, 1.82) is 0 Å². The molecule has 0 saturated heterocycles. The first-order valence-corrected chi connectivity index (χ1v) is 5.40. The molecule has 7 heteroatoms. The summed E-state index contributed by atoms with van der Waals surface area (Å²) in [5.74, 6) is -0.426. The smallest absolute Gasteiger partial charge is 0.348 e. The monoisotopic (exact) mass is 262 g/mol. The molecule has 0 unspecified atom stereocenters. The zero-order valence-corrected chi connectivity index (χ0v) is 9.78. The van der Waals surface area contributed by atoms with Gasteiger partial charge in [0.2, 0.25) is 5.28 Å². The van der Waals surface area contributed by atoms with E-state index in [2.05, 4.69) is 14.7 Å². The van der Waals surface area contributed by atoms with Gasteiger partial charge in [0.1, 0.15) is 4.88 Å². The minimum Gasteiger partial charge on any atom is -0.465 e. The Balaban J connectivity index is 2.65. The lowest BCUT2D eigenvalue weighted by Gasteiger charge is -1.91. The largest absolute Gasteiger partial charge is 0.465 e. The molecule has 0 amide bonds. The van der Waals surface area contributed by atoms with E-state index >= 15 is 0 Å². The van der Waals surface area contributed by atoms with Crippen molar-refractivity contribution in [1.82, 2.24) is 9.97 Å². The summed E-state index contributed by atoms with van der Waals surface area (Å²) in [5.41, 5.74) is 0.547. The minimum absolute atomic E-state index is 0.0571. The molecule has 0 atom stereocenters. The molecule has 0 saturated carbocycles. The first-order valence-electron chi connectivity index (χ1n) is 3.82. The number of hydrogen-bond donors (Lipinski definition) is 0. The van der Waals surface area contributed by atoms with Gasteiger partial charge in [0.05, 0.1) is 17.3 Å². The molecule has 78 valence electrons. The van der Waals surface area contributed by atoms with Gasteiger partial charge in [-0.1, -0.05) is 11.6 Å². The highest BCUT2D eigenvalue weighted by atomic mass is 35.5. The van der Waals surface area contributed by atoms with Crippen LogP contribution in [-0.4, -0.2) is 23.0 Å². The SMILES string of the molecule is COC(=O)c1cc2nc(Cl)nc(Cl)c2s1. The van der Waals surface area contributed by atoms with Crippen LogP contribution in [0.15, 0.2) is 6.07 Å². The Labute approximate surface area is 98.8 Å². The molecule has 2 heterocycles. The first-order chi connectivity index (χ1) is 7.11. The predicted molar refractivity (Wildman–Crippen MR) is 58.8 cm³/mol. The van der Waals surface area contributed by atoms with Crippen LogP contribution in [-0.2, 0) is 4.74 Å². The van der Waals surface area contributed by atoms with Gasteiger partial charge in [0.15, 0.2) is 5.15 Å². The maximum absolute atomic E-state index is 11.2. The number of thiophene rings is 1. The van der Waals surface area contributed by atoms with Crippen molar-refractivity contribution >= 4 is 50.7 Å². The third-order valence-electron chi connectivity index (χ3n) is 1.69. The number of nitrogens with zero attached hydrogens (tertiary/aromatic N) is 2. The van der Waals surface area contributed by atoms with Crippen LogP contribution in [0.4, 0.5) is 0 Å². The van der Waals surface area contributed by atoms with Gasteiger partial charge in [-0.05, 0) is 17.7 Å². The number of rotatable bonds is 1. The summed E-state index contributed by atoms with van der Waals surface area (Å²) in [5, 5.41) is 0.298. The molecule has 0 N–H and O–H groups in total. The number of carbonyl (C=O) groups is 1. The Hall–Kier alpha value is -0.910. The van der Waals surface area contributed by atoms with Gasteiger partial charge in [0, 0.05) is 0 Å². The maximum Gasteiger partial charge on any atom is 0.348 e. The van der Waals surface area contributed by atoms with E-state index in [-0.39, 0.29) is 10.4 Å². The van der Waals surface area contributed by atoms with E-state index in [1.54, 1.807) is 6.07 Å². The van der Waals surface area contributed by atoms with Crippen molar-refractivity contribution in [3.8, 4) is 0 Å². The lowest BCUT2D eigenvalue weighted by molar-refractivity contribution is 0.0606. The van der Waals surface area contributed by atoms with Crippen molar-refractivity contribution in [3.05, 3.63) is 21.4 Å². The zero-order chi connectivity index (χ0) is 11.0. The Bertz CT molecular complexity index is 541. The topological polar surface area (TPSA) is 52.1 Å². The van der Waals surface area contributed by atoms with Crippen LogP contribution in [0.1, 0.15) is 9.67 Å². The average molecular weight is 263 g/mol. The van der Waals surface area contributed by atoms with Crippen LogP contribution >= 0.6 is 34.5 Å². The van der Waals surface area contributed by atoms with E-state index in [9.17, 15) is 4.79 Å². The summed E-state index contributed by atoms with van der Waals surface area (Å²) < 4.78 is 5.21. The van der Waals surface area contributed by atoms with Gasteiger partial charge in [-0.2, -0.15) is 0 Å². The average Bonchev–Trinajstić information content (AvgIpc) is 2.60. The number of methoxy groups -OCH3 is 1. The molecule has 15 heavy (non-hydrogen) atoms. The third kappa shape index (κ3) is 1.90. The quantitative estimate of drug-likeness (QED) is 0.451. The summed E-state index contributed by atoms with van der Waals surface area (Å²) in [6, 6.07) is 1.57. The highest BCUT2D eigenvalue weighted by Crippen LogP contribution is 2.30. The van der Waals surface area contributed by atoms with Gasteiger partial charge in [-0.15, -0.1) is 11.3 Å². The number of ether oxygens (including phenoxy) is 1.